The molecule has 0 aromatic heterocycles. The Morgan fingerprint density at radius 2 is 1.95 bits per heavy atom. The lowest BCUT2D eigenvalue weighted by Gasteiger charge is -2.31. The van der Waals surface area contributed by atoms with Crippen molar-refractivity contribution in [3.05, 3.63) is 29.3 Å². The van der Waals surface area contributed by atoms with Crippen LogP contribution in [0.15, 0.2) is 18.2 Å². The standard InChI is InChI=1S/C15H26N2O2/c1-10(2)11-6-7-14(19-5)12(8-11)15(17(3)4)13(16)9-18/h6-8,10,13,15,18H,9,16H2,1-5H3. The summed E-state index contributed by atoms with van der Waals surface area (Å²) in [5.74, 6) is 1.25. The Kier molecular flexibility index (Phi) is 5.79. The Bertz CT molecular complexity index is 405. The summed E-state index contributed by atoms with van der Waals surface area (Å²) in [6.07, 6.45) is 0. The average molecular weight is 266 g/mol. The Balaban J connectivity index is 3.29. The third-order valence-electron chi connectivity index (χ3n) is 3.41. The number of ether oxygens (including phenoxy) is 1. The van der Waals surface area contributed by atoms with Crippen LogP contribution < -0.4 is 10.5 Å². The van der Waals surface area contributed by atoms with Gasteiger partial charge in [-0.3, -0.25) is 0 Å². The maximum atomic E-state index is 9.36. The molecule has 1 aromatic rings. The Hall–Kier alpha value is -1.10. The summed E-state index contributed by atoms with van der Waals surface area (Å²) in [6.45, 7) is 4.25. The van der Waals surface area contributed by atoms with Crippen molar-refractivity contribution in [1.29, 1.82) is 0 Å². The van der Waals surface area contributed by atoms with Gasteiger partial charge in [0.25, 0.3) is 0 Å². The number of nitrogens with two attached hydrogens (primary N) is 1. The first kappa shape index (κ1) is 16.0. The van der Waals surface area contributed by atoms with Gasteiger partial charge in [0.2, 0.25) is 0 Å². The molecule has 2 unspecified atom stereocenters. The largest absolute Gasteiger partial charge is 0.496 e. The fourth-order valence-electron chi connectivity index (χ4n) is 2.33. The van der Waals surface area contributed by atoms with Crippen LogP contribution in [-0.4, -0.2) is 43.9 Å². The Morgan fingerprint density at radius 1 is 1.32 bits per heavy atom. The van der Waals surface area contributed by atoms with Crippen molar-refractivity contribution in [3.63, 3.8) is 0 Å². The highest BCUT2D eigenvalue weighted by atomic mass is 16.5. The van der Waals surface area contributed by atoms with Crippen molar-refractivity contribution in [2.75, 3.05) is 27.8 Å². The topological polar surface area (TPSA) is 58.7 Å². The minimum absolute atomic E-state index is 0.0576. The summed E-state index contributed by atoms with van der Waals surface area (Å²) in [7, 11) is 5.58. The Labute approximate surface area is 116 Å². The van der Waals surface area contributed by atoms with Crippen molar-refractivity contribution in [2.45, 2.75) is 31.8 Å². The Morgan fingerprint density at radius 3 is 2.37 bits per heavy atom. The quantitative estimate of drug-likeness (QED) is 0.823. The molecule has 2 atom stereocenters. The molecule has 0 aliphatic carbocycles. The number of benzene rings is 1. The van der Waals surface area contributed by atoms with E-state index in [-0.39, 0.29) is 18.7 Å². The summed E-state index contributed by atoms with van der Waals surface area (Å²) in [5.41, 5.74) is 8.32. The lowest BCUT2D eigenvalue weighted by molar-refractivity contribution is 0.178. The van der Waals surface area contributed by atoms with Gasteiger partial charge in [0.05, 0.1) is 19.8 Å². The van der Waals surface area contributed by atoms with Crippen molar-refractivity contribution in [1.82, 2.24) is 4.90 Å². The molecular weight excluding hydrogens is 240 g/mol. The van der Waals surface area contributed by atoms with Crippen LogP contribution in [0.3, 0.4) is 0 Å². The van der Waals surface area contributed by atoms with Crippen LogP contribution >= 0.6 is 0 Å². The van der Waals surface area contributed by atoms with Gasteiger partial charge < -0.3 is 20.5 Å². The highest BCUT2D eigenvalue weighted by molar-refractivity contribution is 5.41. The molecule has 1 rings (SSSR count). The summed E-state index contributed by atoms with van der Waals surface area (Å²) >= 11 is 0. The minimum Gasteiger partial charge on any atom is -0.496 e. The highest BCUT2D eigenvalue weighted by Crippen LogP contribution is 2.32. The van der Waals surface area contributed by atoms with Gasteiger partial charge in [-0.25, -0.2) is 0 Å². The summed E-state index contributed by atoms with van der Waals surface area (Å²) in [6, 6.07) is 5.77. The first-order valence-electron chi connectivity index (χ1n) is 6.63. The average Bonchev–Trinajstić information content (AvgIpc) is 2.38. The predicted octanol–water partition coefficient (Wildman–Crippen LogP) is 1.74. The van der Waals surface area contributed by atoms with Crippen LogP contribution in [0.2, 0.25) is 0 Å². The lowest BCUT2D eigenvalue weighted by atomic mass is 9.93. The van der Waals surface area contributed by atoms with Gasteiger partial charge >= 0.3 is 0 Å². The molecule has 0 bridgehead atoms. The lowest BCUT2D eigenvalue weighted by Crippen LogP contribution is -2.40. The van der Waals surface area contributed by atoms with Gasteiger partial charge in [-0.15, -0.1) is 0 Å². The van der Waals surface area contributed by atoms with Crippen LogP contribution in [0, 0.1) is 0 Å². The molecule has 0 spiro atoms. The zero-order valence-electron chi connectivity index (χ0n) is 12.6. The maximum Gasteiger partial charge on any atom is 0.123 e. The van der Waals surface area contributed by atoms with E-state index in [1.165, 1.54) is 5.56 Å². The molecule has 1 aromatic carbocycles. The molecule has 4 nitrogen and oxygen atoms in total. The molecule has 0 heterocycles. The molecular formula is C15H26N2O2. The van der Waals surface area contributed by atoms with E-state index >= 15 is 0 Å². The molecule has 108 valence electrons. The maximum absolute atomic E-state index is 9.36. The zero-order valence-corrected chi connectivity index (χ0v) is 12.6. The number of methoxy groups -OCH3 is 1. The minimum atomic E-state index is -0.341. The molecule has 4 heteroatoms. The van der Waals surface area contributed by atoms with Gasteiger partial charge in [-0.05, 0) is 31.6 Å². The summed E-state index contributed by atoms with van der Waals surface area (Å²) in [5, 5.41) is 9.36. The number of nitrogens with zero attached hydrogens (tertiary/aromatic N) is 1. The SMILES string of the molecule is COc1ccc(C(C)C)cc1C(C(N)CO)N(C)C. The van der Waals surface area contributed by atoms with Crippen LogP contribution in [0.5, 0.6) is 5.75 Å². The van der Waals surface area contributed by atoms with Crippen molar-refractivity contribution >= 4 is 0 Å². The fourth-order valence-corrected chi connectivity index (χ4v) is 2.33. The molecule has 0 fully saturated rings. The van der Waals surface area contributed by atoms with Gasteiger partial charge in [-0.2, -0.15) is 0 Å². The van der Waals surface area contributed by atoms with E-state index in [1.807, 2.05) is 25.1 Å². The van der Waals surface area contributed by atoms with Gasteiger partial charge in [0, 0.05) is 11.6 Å². The third kappa shape index (κ3) is 3.69. The van der Waals surface area contributed by atoms with E-state index in [0.717, 1.165) is 11.3 Å². The van der Waals surface area contributed by atoms with Crippen molar-refractivity contribution in [2.24, 2.45) is 5.73 Å². The molecule has 0 radical (unpaired) electrons. The first-order valence-corrected chi connectivity index (χ1v) is 6.63. The van der Waals surface area contributed by atoms with Crippen molar-refractivity contribution < 1.29 is 9.84 Å². The smallest absolute Gasteiger partial charge is 0.123 e. The number of aliphatic hydroxyl groups is 1. The van der Waals surface area contributed by atoms with Gasteiger partial charge in [-0.1, -0.05) is 26.0 Å². The second-order valence-corrected chi connectivity index (χ2v) is 5.41. The van der Waals surface area contributed by atoms with Gasteiger partial charge in [0.15, 0.2) is 0 Å². The molecule has 0 amide bonds. The zero-order chi connectivity index (χ0) is 14.6. The third-order valence-corrected chi connectivity index (χ3v) is 3.41. The normalized spacial score (nSPS) is 14.8. The second kappa shape index (κ2) is 6.89. The van der Waals surface area contributed by atoms with Crippen LogP contribution in [0.1, 0.15) is 36.9 Å². The number of likely N-dealkylation sites (N-methyl/N-ethyl adjacent to an activating group) is 1. The van der Waals surface area contributed by atoms with Crippen LogP contribution in [0.25, 0.3) is 0 Å². The number of hydrogen-bond donors (Lipinski definition) is 2. The van der Waals surface area contributed by atoms with E-state index < -0.39 is 0 Å². The monoisotopic (exact) mass is 266 g/mol. The fraction of sp³-hybridized carbons (Fsp3) is 0.600. The summed E-state index contributed by atoms with van der Waals surface area (Å²) in [4.78, 5) is 2.02. The number of rotatable bonds is 6. The van der Waals surface area contributed by atoms with E-state index in [0.29, 0.717) is 5.92 Å². The molecule has 3 N–H and O–H groups in total. The molecule has 0 aliphatic rings. The van der Waals surface area contributed by atoms with E-state index in [9.17, 15) is 5.11 Å². The second-order valence-electron chi connectivity index (χ2n) is 5.41. The van der Waals surface area contributed by atoms with Crippen LogP contribution in [-0.2, 0) is 0 Å². The van der Waals surface area contributed by atoms with Crippen molar-refractivity contribution in [3.8, 4) is 5.75 Å². The van der Waals surface area contributed by atoms with E-state index in [1.54, 1.807) is 7.11 Å². The predicted molar refractivity (Wildman–Crippen MR) is 78.6 cm³/mol. The summed E-state index contributed by atoms with van der Waals surface area (Å²) < 4.78 is 5.44. The molecule has 0 saturated heterocycles. The molecule has 19 heavy (non-hydrogen) atoms. The first-order chi connectivity index (χ1) is 8.92. The van der Waals surface area contributed by atoms with E-state index in [4.69, 9.17) is 10.5 Å². The van der Waals surface area contributed by atoms with Gasteiger partial charge in [0.1, 0.15) is 5.75 Å². The van der Waals surface area contributed by atoms with E-state index in [2.05, 4.69) is 26.0 Å². The van der Waals surface area contributed by atoms with Crippen LogP contribution in [0.4, 0.5) is 0 Å². The molecule has 0 aliphatic heterocycles. The number of hydrogen-bond acceptors (Lipinski definition) is 4. The molecule has 0 saturated carbocycles. The highest BCUT2D eigenvalue weighted by Gasteiger charge is 2.25. The number of aliphatic hydroxyl groups excluding tert-OH is 1.